The molecule has 0 heterocycles. The molecule has 0 atom stereocenters. The maximum atomic E-state index is 8.52. The molecule has 0 bridgehead atoms. The van der Waals surface area contributed by atoms with E-state index >= 15 is 0 Å². The summed E-state index contributed by atoms with van der Waals surface area (Å²) in [5.41, 5.74) is 0. The fourth-order valence-electron chi connectivity index (χ4n) is 3.72. The van der Waals surface area contributed by atoms with E-state index in [2.05, 4.69) is 27.0 Å². The van der Waals surface area contributed by atoms with Crippen molar-refractivity contribution in [2.24, 2.45) is 0 Å². The van der Waals surface area contributed by atoms with Crippen LogP contribution in [-0.4, -0.2) is 44.0 Å². The minimum atomic E-state index is -5.17. The number of unbranched alkanes of at least 4 members (excludes halogenated alkanes) is 18. The predicted molar refractivity (Wildman–Crippen MR) is 156 cm³/mol. The van der Waals surface area contributed by atoms with Crippen LogP contribution < -0.4 is 59.1 Å². The normalized spacial score (nSPS) is 10.2. The van der Waals surface area contributed by atoms with Crippen molar-refractivity contribution in [1.82, 2.24) is 0 Å². The smallest absolute Gasteiger partial charge is 0.759 e. The van der Waals surface area contributed by atoms with Gasteiger partial charge >= 0.3 is 59.1 Å². The van der Waals surface area contributed by atoms with Crippen LogP contribution in [0.15, 0.2) is 25.3 Å². The fraction of sp³-hybridized carbons (Fsp3) is 0.867. The second-order valence-electron chi connectivity index (χ2n) is 9.50. The van der Waals surface area contributed by atoms with Crippen molar-refractivity contribution in [1.29, 1.82) is 0 Å². The number of hydrogen-bond acceptors (Lipinski definition) is 6. The van der Waals surface area contributed by atoms with E-state index in [0.717, 1.165) is 13.2 Å². The zero-order valence-electron chi connectivity index (χ0n) is 26.4. The van der Waals surface area contributed by atoms with Gasteiger partial charge in [-0.3, -0.25) is 8.42 Å². The first-order valence-corrected chi connectivity index (χ1v) is 16.2. The SMILES string of the molecule is C=CCOCC=C.CCCCCCCCCCCCOCCCCCCCCCCCC.O=S(=O)([O-])[O-].[Na+].[Na+]. The Morgan fingerprint density at radius 1 is 0.513 bits per heavy atom. The van der Waals surface area contributed by atoms with Crippen molar-refractivity contribution in [2.75, 3.05) is 26.4 Å². The van der Waals surface area contributed by atoms with Crippen LogP contribution in [0.2, 0.25) is 0 Å². The Kier molecular flexibility index (Phi) is 59.2. The second kappa shape index (κ2) is 46.2. The first-order valence-electron chi connectivity index (χ1n) is 14.9. The van der Waals surface area contributed by atoms with Gasteiger partial charge in [0.25, 0.3) is 0 Å². The molecular weight excluding hydrogens is 534 g/mol. The molecule has 224 valence electrons. The number of ether oxygens (including phenoxy) is 2. The molecule has 0 saturated carbocycles. The third kappa shape index (κ3) is 73.4. The molecule has 39 heavy (non-hydrogen) atoms. The van der Waals surface area contributed by atoms with Gasteiger partial charge in [0.1, 0.15) is 0 Å². The van der Waals surface area contributed by atoms with E-state index in [1.54, 1.807) is 12.2 Å². The Balaban J connectivity index is -0.000000229. The van der Waals surface area contributed by atoms with Crippen LogP contribution in [0.4, 0.5) is 0 Å². The van der Waals surface area contributed by atoms with E-state index in [9.17, 15) is 0 Å². The van der Waals surface area contributed by atoms with Gasteiger partial charge in [-0.1, -0.05) is 142 Å². The molecule has 0 aromatic carbocycles. The van der Waals surface area contributed by atoms with Crippen molar-refractivity contribution in [3.63, 3.8) is 0 Å². The molecule has 0 aromatic heterocycles. The predicted octanol–water partition coefficient (Wildman–Crippen LogP) is 2.89. The van der Waals surface area contributed by atoms with Gasteiger partial charge in [0, 0.05) is 23.6 Å². The Morgan fingerprint density at radius 3 is 0.974 bits per heavy atom. The van der Waals surface area contributed by atoms with Gasteiger partial charge in [0.2, 0.25) is 0 Å². The van der Waals surface area contributed by atoms with Gasteiger partial charge in [0.15, 0.2) is 0 Å². The largest absolute Gasteiger partial charge is 1.00 e. The minimum absolute atomic E-state index is 0. The summed E-state index contributed by atoms with van der Waals surface area (Å²) in [6.45, 7) is 14.7. The quantitative estimate of drug-likeness (QED) is 0.0502. The Morgan fingerprint density at radius 2 is 0.744 bits per heavy atom. The average molecular weight is 595 g/mol. The van der Waals surface area contributed by atoms with E-state index in [-0.39, 0.29) is 59.1 Å². The number of hydrogen-bond donors (Lipinski definition) is 0. The van der Waals surface area contributed by atoms with Crippen molar-refractivity contribution in [3.8, 4) is 0 Å². The molecule has 0 fully saturated rings. The number of rotatable bonds is 26. The van der Waals surface area contributed by atoms with E-state index < -0.39 is 10.4 Å². The maximum absolute atomic E-state index is 8.52. The second-order valence-corrected chi connectivity index (χ2v) is 10.3. The minimum Gasteiger partial charge on any atom is -0.759 e. The van der Waals surface area contributed by atoms with Gasteiger partial charge < -0.3 is 18.6 Å². The first kappa shape index (κ1) is 49.9. The summed E-state index contributed by atoms with van der Waals surface area (Å²) in [4.78, 5) is 0. The molecule has 0 saturated heterocycles. The van der Waals surface area contributed by atoms with Gasteiger partial charge in [-0.05, 0) is 12.8 Å². The Bertz CT molecular complexity index is 496. The maximum Gasteiger partial charge on any atom is 1.00 e. The van der Waals surface area contributed by atoms with Gasteiger partial charge in [-0.2, -0.15) is 0 Å². The Labute approximate surface area is 288 Å². The monoisotopic (exact) mass is 594 g/mol. The van der Waals surface area contributed by atoms with Crippen molar-refractivity contribution >= 4 is 10.4 Å². The zero-order valence-corrected chi connectivity index (χ0v) is 31.2. The van der Waals surface area contributed by atoms with E-state index in [4.69, 9.17) is 27.0 Å². The molecule has 0 N–H and O–H groups in total. The Hall–Kier alpha value is 1.27. The van der Waals surface area contributed by atoms with Crippen LogP contribution in [0.5, 0.6) is 0 Å². The first-order chi connectivity index (χ1) is 17.8. The van der Waals surface area contributed by atoms with Crippen LogP contribution in [0.25, 0.3) is 0 Å². The van der Waals surface area contributed by atoms with Crippen LogP contribution >= 0.6 is 0 Å². The van der Waals surface area contributed by atoms with Gasteiger partial charge in [-0.25, -0.2) is 0 Å². The van der Waals surface area contributed by atoms with Crippen LogP contribution in [0.1, 0.15) is 142 Å². The summed E-state index contributed by atoms with van der Waals surface area (Å²) in [7, 11) is -5.17. The third-order valence-electron chi connectivity index (χ3n) is 5.76. The molecule has 0 unspecified atom stereocenters. The van der Waals surface area contributed by atoms with Crippen molar-refractivity contribution in [3.05, 3.63) is 25.3 Å². The molecule has 0 aliphatic rings. The molecule has 0 spiro atoms. The third-order valence-corrected chi connectivity index (χ3v) is 5.76. The molecule has 0 rings (SSSR count). The standard InChI is InChI=1S/C24H50O.C6H10O.2Na.H2O4S/c1-3-5-7-9-11-13-15-17-19-21-23-25-24-22-20-18-16-14-12-10-8-6-4-2;1-3-5-7-6-4-2;;;1-5(2,3)4/h3-24H2,1-2H3;3-4H,1-2,5-6H2;;;(H2,1,2,3,4)/q;;2*+1;/p-2. The molecular formula is C30H60Na2O6S. The van der Waals surface area contributed by atoms with Crippen molar-refractivity contribution < 1.29 is 86.1 Å². The summed E-state index contributed by atoms with van der Waals surface area (Å²) in [5.74, 6) is 0. The topological polar surface area (TPSA) is 98.7 Å². The van der Waals surface area contributed by atoms with Gasteiger partial charge in [-0.15, -0.1) is 13.2 Å². The summed E-state index contributed by atoms with van der Waals surface area (Å²) in [6.07, 6.45) is 31.6. The molecule has 0 aromatic rings. The summed E-state index contributed by atoms with van der Waals surface area (Å²) < 4.78 is 44.8. The van der Waals surface area contributed by atoms with E-state index in [1.807, 2.05) is 0 Å². The fourth-order valence-corrected chi connectivity index (χ4v) is 3.72. The molecule has 9 heteroatoms. The molecule has 6 nitrogen and oxygen atoms in total. The van der Waals surface area contributed by atoms with E-state index in [0.29, 0.717) is 13.2 Å². The van der Waals surface area contributed by atoms with E-state index in [1.165, 1.54) is 128 Å². The van der Waals surface area contributed by atoms with Crippen LogP contribution in [0, 0.1) is 0 Å². The summed E-state index contributed by atoms with van der Waals surface area (Å²) in [5, 5.41) is 0. The zero-order chi connectivity index (χ0) is 28.3. The van der Waals surface area contributed by atoms with Crippen molar-refractivity contribution in [2.45, 2.75) is 142 Å². The average Bonchev–Trinajstić information content (AvgIpc) is 2.85. The summed E-state index contributed by atoms with van der Waals surface area (Å²) in [6, 6.07) is 0. The molecule has 0 radical (unpaired) electrons. The molecule has 0 aliphatic carbocycles. The van der Waals surface area contributed by atoms with Gasteiger partial charge in [0.05, 0.1) is 13.2 Å². The molecule has 0 aliphatic heterocycles. The molecule has 0 amide bonds. The van der Waals surface area contributed by atoms with Crippen LogP contribution in [-0.2, 0) is 19.9 Å². The summed E-state index contributed by atoms with van der Waals surface area (Å²) >= 11 is 0. The van der Waals surface area contributed by atoms with Crippen LogP contribution in [0.3, 0.4) is 0 Å².